The molecule has 0 aliphatic carbocycles. The number of benzene rings is 4. The number of piperazine rings is 1. The van der Waals surface area contributed by atoms with Gasteiger partial charge in [-0.2, -0.15) is 0 Å². The lowest BCUT2D eigenvalue weighted by atomic mass is 9.93. The van der Waals surface area contributed by atoms with E-state index in [9.17, 15) is 9.59 Å². The number of rotatable bonds is 6. The van der Waals surface area contributed by atoms with Crippen molar-refractivity contribution in [2.24, 2.45) is 0 Å². The minimum Gasteiger partial charge on any atom is -0.497 e. The van der Waals surface area contributed by atoms with Crippen molar-refractivity contribution in [1.82, 2.24) is 9.80 Å². The molecule has 4 aromatic rings. The maximum Gasteiger partial charge on any atom is 0.267 e. The van der Waals surface area contributed by atoms with E-state index in [2.05, 4.69) is 70.5 Å². The molecular formula is C34H31N3O3. The fourth-order valence-corrected chi connectivity index (χ4v) is 5.64. The second-order valence-electron chi connectivity index (χ2n) is 10.0. The van der Waals surface area contributed by atoms with E-state index < -0.39 is 0 Å². The topological polar surface area (TPSA) is 53.1 Å². The van der Waals surface area contributed by atoms with E-state index in [-0.39, 0.29) is 17.9 Å². The van der Waals surface area contributed by atoms with E-state index in [1.807, 2.05) is 24.4 Å². The third-order valence-corrected chi connectivity index (χ3v) is 7.67. The molecule has 2 heterocycles. The van der Waals surface area contributed by atoms with Gasteiger partial charge >= 0.3 is 0 Å². The van der Waals surface area contributed by atoms with Crippen LogP contribution in [0.2, 0.25) is 0 Å². The molecule has 0 bridgehead atoms. The smallest absolute Gasteiger partial charge is 0.267 e. The van der Waals surface area contributed by atoms with Crippen LogP contribution in [0.5, 0.6) is 5.75 Å². The Labute approximate surface area is 234 Å². The number of hydrogen-bond acceptors (Lipinski definition) is 5. The molecule has 4 aromatic carbocycles. The molecule has 0 radical (unpaired) electrons. The van der Waals surface area contributed by atoms with E-state index in [1.54, 1.807) is 37.4 Å². The molecule has 2 aliphatic rings. The Kier molecular flexibility index (Phi) is 7.17. The van der Waals surface area contributed by atoms with Gasteiger partial charge in [-0.15, -0.1) is 0 Å². The lowest BCUT2D eigenvalue weighted by Crippen LogP contribution is -2.47. The summed E-state index contributed by atoms with van der Waals surface area (Å²) in [6, 6.07) is 35.7. The average molecular weight is 530 g/mol. The van der Waals surface area contributed by atoms with Crippen LogP contribution in [0.3, 0.4) is 0 Å². The number of methoxy groups -OCH3 is 1. The molecule has 1 fully saturated rings. The predicted molar refractivity (Wildman–Crippen MR) is 157 cm³/mol. The molecule has 2 aliphatic heterocycles. The van der Waals surface area contributed by atoms with E-state index in [1.165, 1.54) is 16.0 Å². The highest BCUT2D eigenvalue weighted by atomic mass is 16.5. The van der Waals surface area contributed by atoms with Crippen molar-refractivity contribution in [3.63, 3.8) is 0 Å². The van der Waals surface area contributed by atoms with Crippen molar-refractivity contribution in [3.05, 3.63) is 138 Å². The second kappa shape index (κ2) is 11.2. The van der Waals surface area contributed by atoms with Gasteiger partial charge in [0.2, 0.25) is 0 Å². The first-order valence-electron chi connectivity index (χ1n) is 13.6. The average Bonchev–Trinajstić information content (AvgIpc) is 3.02. The van der Waals surface area contributed by atoms with Crippen molar-refractivity contribution in [1.29, 1.82) is 0 Å². The van der Waals surface area contributed by atoms with Crippen LogP contribution in [0.15, 0.2) is 115 Å². The summed E-state index contributed by atoms with van der Waals surface area (Å²) in [7, 11) is 1.59. The summed E-state index contributed by atoms with van der Waals surface area (Å²) < 4.78 is 5.26. The molecule has 0 N–H and O–H groups in total. The lowest BCUT2D eigenvalue weighted by molar-refractivity contribution is -0.112. The number of imide groups is 1. The summed E-state index contributed by atoms with van der Waals surface area (Å²) in [5.74, 6) is 0.0306. The van der Waals surface area contributed by atoms with E-state index in [0.717, 1.165) is 26.2 Å². The maximum absolute atomic E-state index is 13.8. The second-order valence-corrected chi connectivity index (χ2v) is 10.0. The lowest BCUT2D eigenvalue weighted by Gasteiger charge is -2.40. The SMILES string of the molecule is COc1ccc(N2C(=O)C(=CN3CCN(C(c4ccccc4)c4ccccc4)CC3)c3ccccc3C2=O)cc1. The maximum atomic E-state index is 13.8. The number of hydrogen-bond donors (Lipinski definition) is 0. The molecule has 0 spiro atoms. The van der Waals surface area contributed by atoms with Gasteiger partial charge in [0, 0.05) is 43.5 Å². The van der Waals surface area contributed by atoms with Gasteiger partial charge < -0.3 is 9.64 Å². The summed E-state index contributed by atoms with van der Waals surface area (Å²) in [5, 5.41) is 0. The summed E-state index contributed by atoms with van der Waals surface area (Å²) in [5.41, 5.74) is 4.79. The van der Waals surface area contributed by atoms with Crippen LogP contribution < -0.4 is 9.64 Å². The van der Waals surface area contributed by atoms with Crippen molar-refractivity contribution >= 4 is 23.1 Å². The third-order valence-electron chi connectivity index (χ3n) is 7.67. The molecule has 6 heteroatoms. The molecule has 6 rings (SSSR count). The van der Waals surface area contributed by atoms with Crippen LogP contribution in [0.1, 0.15) is 33.1 Å². The van der Waals surface area contributed by atoms with Crippen molar-refractivity contribution in [3.8, 4) is 5.75 Å². The highest BCUT2D eigenvalue weighted by Crippen LogP contribution is 2.34. The standard InChI is InChI=1S/C34H31N3O3/c1-40-28-18-16-27(17-19-28)37-33(38)30-15-9-8-14-29(30)31(34(37)39)24-35-20-22-36(23-21-35)32(25-10-4-2-5-11-25)26-12-6-3-7-13-26/h2-19,24,32H,20-23H2,1H3. The Morgan fingerprint density at radius 1 is 0.650 bits per heavy atom. The van der Waals surface area contributed by atoms with Gasteiger partial charge in [0.1, 0.15) is 5.75 Å². The first-order valence-corrected chi connectivity index (χ1v) is 13.6. The Bertz CT molecular complexity index is 1490. The fraction of sp³-hybridized carbons (Fsp3) is 0.176. The van der Waals surface area contributed by atoms with E-state index >= 15 is 0 Å². The number of carbonyl (C=O) groups excluding carboxylic acids is 2. The summed E-state index contributed by atoms with van der Waals surface area (Å²) in [6.45, 7) is 3.22. The minimum atomic E-state index is -0.318. The van der Waals surface area contributed by atoms with Crippen LogP contribution in [-0.4, -0.2) is 54.9 Å². The highest BCUT2D eigenvalue weighted by molar-refractivity contribution is 6.41. The molecule has 0 atom stereocenters. The summed E-state index contributed by atoms with van der Waals surface area (Å²) in [4.78, 5) is 33.2. The summed E-state index contributed by atoms with van der Waals surface area (Å²) >= 11 is 0. The third kappa shape index (κ3) is 4.90. The Morgan fingerprint density at radius 2 is 1.20 bits per heavy atom. The van der Waals surface area contributed by atoms with Crippen LogP contribution >= 0.6 is 0 Å². The monoisotopic (exact) mass is 529 g/mol. The van der Waals surface area contributed by atoms with Gasteiger partial charge in [0.25, 0.3) is 11.8 Å². The van der Waals surface area contributed by atoms with E-state index in [0.29, 0.717) is 28.1 Å². The normalized spacial score (nSPS) is 16.9. The van der Waals surface area contributed by atoms with E-state index in [4.69, 9.17) is 4.74 Å². The minimum absolute atomic E-state index is 0.164. The first kappa shape index (κ1) is 25.6. The van der Waals surface area contributed by atoms with Crippen molar-refractivity contribution < 1.29 is 14.3 Å². The van der Waals surface area contributed by atoms with Crippen LogP contribution in [0, 0.1) is 0 Å². The highest BCUT2D eigenvalue weighted by Gasteiger charge is 2.36. The molecule has 2 amide bonds. The first-order chi connectivity index (χ1) is 19.6. The molecule has 0 saturated carbocycles. The van der Waals surface area contributed by atoms with Gasteiger partial charge in [0.15, 0.2) is 0 Å². The van der Waals surface area contributed by atoms with Crippen LogP contribution in [-0.2, 0) is 4.79 Å². The zero-order chi connectivity index (χ0) is 27.5. The Balaban J connectivity index is 1.27. The molecule has 0 aromatic heterocycles. The van der Waals surface area contributed by atoms with Gasteiger partial charge in [0.05, 0.1) is 24.4 Å². The molecule has 0 unspecified atom stereocenters. The molecule has 1 saturated heterocycles. The molecule has 200 valence electrons. The zero-order valence-corrected chi connectivity index (χ0v) is 22.4. The number of fused-ring (bicyclic) bond motifs is 1. The zero-order valence-electron chi connectivity index (χ0n) is 22.4. The van der Waals surface area contributed by atoms with Gasteiger partial charge in [-0.3, -0.25) is 14.5 Å². The molecular weight excluding hydrogens is 498 g/mol. The van der Waals surface area contributed by atoms with Crippen LogP contribution in [0.4, 0.5) is 5.69 Å². The van der Waals surface area contributed by atoms with Gasteiger partial charge in [-0.25, -0.2) is 4.90 Å². The van der Waals surface area contributed by atoms with Gasteiger partial charge in [-0.05, 0) is 41.5 Å². The van der Waals surface area contributed by atoms with Crippen LogP contribution in [0.25, 0.3) is 5.57 Å². The number of ether oxygens (including phenoxy) is 1. The number of amides is 2. The largest absolute Gasteiger partial charge is 0.497 e. The Morgan fingerprint density at radius 3 is 1.77 bits per heavy atom. The number of carbonyl (C=O) groups is 2. The number of anilines is 1. The van der Waals surface area contributed by atoms with Crippen molar-refractivity contribution in [2.45, 2.75) is 6.04 Å². The van der Waals surface area contributed by atoms with Crippen molar-refractivity contribution in [2.75, 3.05) is 38.2 Å². The molecule has 40 heavy (non-hydrogen) atoms. The predicted octanol–water partition coefficient (Wildman–Crippen LogP) is 5.63. The summed E-state index contributed by atoms with van der Waals surface area (Å²) in [6.07, 6.45) is 1.95. The molecule has 6 nitrogen and oxygen atoms in total. The Hall–Kier alpha value is -4.68. The fourth-order valence-electron chi connectivity index (χ4n) is 5.64. The quantitative estimate of drug-likeness (QED) is 0.239. The number of nitrogens with zero attached hydrogens (tertiary/aromatic N) is 3. The van der Waals surface area contributed by atoms with Gasteiger partial charge in [-0.1, -0.05) is 78.9 Å².